The lowest BCUT2D eigenvalue weighted by molar-refractivity contribution is 0.869. The highest BCUT2D eigenvalue weighted by atomic mass is 35.5. The standard InChI is InChI=1S/C13H12ClN3S/c1-17(6-4-13-16-5-7-18-13)11-3-2-10(9-15)12(14)8-11/h2-3,5,7-8H,4,6H2,1H3. The van der Waals surface area contributed by atoms with Crippen LogP contribution in [0.1, 0.15) is 10.6 Å². The number of nitrogens with zero attached hydrogens (tertiary/aromatic N) is 3. The van der Waals surface area contributed by atoms with Crippen molar-refractivity contribution in [1.82, 2.24) is 4.98 Å². The molecule has 3 nitrogen and oxygen atoms in total. The van der Waals surface area contributed by atoms with Crippen molar-refractivity contribution in [3.8, 4) is 6.07 Å². The topological polar surface area (TPSA) is 39.9 Å². The number of rotatable bonds is 4. The number of likely N-dealkylation sites (N-methyl/N-ethyl adjacent to an activating group) is 1. The van der Waals surface area contributed by atoms with E-state index in [-0.39, 0.29) is 0 Å². The van der Waals surface area contributed by atoms with Crippen molar-refractivity contribution in [3.63, 3.8) is 0 Å². The largest absolute Gasteiger partial charge is 0.374 e. The average molecular weight is 278 g/mol. The Kier molecular flexibility index (Phi) is 4.19. The predicted octanol–water partition coefficient (Wildman–Crippen LogP) is 3.35. The van der Waals surface area contributed by atoms with Gasteiger partial charge in [0.2, 0.25) is 0 Å². The Hall–Kier alpha value is -1.57. The summed E-state index contributed by atoms with van der Waals surface area (Å²) < 4.78 is 0. The number of anilines is 1. The summed E-state index contributed by atoms with van der Waals surface area (Å²) >= 11 is 7.68. The molecule has 0 radical (unpaired) electrons. The molecule has 0 aliphatic carbocycles. The Labute approximate surface area is 115 Å². The van der Waals surface area contributed by atoms with Crippen LogP contribution in [0.3, 0.4) is 0 Å². The first kappa shape index (κ1) is 12.9. The Morgan fingerprint density at radius 3 is 2.94 bits per heavy atom. The zero-order valence-electron chi connectivity index (χ0n) is 9.93. The molecular formula is C13H12ClN3S. The van der Waals surface area contributed by atoms with Gasteiger partial charge in [-0.15, -0.1) is 11.3 Å². The molecule has 0 unspecified atom stereocenters. The molecule has 0 N–H and O–H groups in total. The Balaban J connectivity index is 2.03. The van der Waals surface area contributed by atoms with Crippen molar-refractivity contribution in [3.05, 3.63) is 45.4 Å². The maximum absolute atomic E-state index is 8.82. The molecule has 0 aliphatic heterocycles. The smallest absolute Gasteiger partial charge is 0.101 e. The fourth-order valence-electron chi connectivity index (χ4n) is 1.60. The molecule has 92 valence electrons. The Morgan fingerprint density at radius 2 is 2.33 bits per heavy atom. The molecule has 1 aromatic carbocycles. The van der Waals surface area contributed by atoms with E-state index in [4.69, 9.17) is 16.9 Å². The zero-order chi connectivity index (χ0) is 13.0. The van der Waals surface area contributed by atoms with Gasteiger partial charge in [-0.1, -0.05) is 11.6 Å². The van der Waals surface area contributed by atoms with Crippen LogP contribution in [0.5, 0.6) is 0 Å². The highest BCUT2D eigenvalue weighted by Gasteiger charge is 2.06. The van der Waals surface area contributed by atoms with Crippen LogP contribution in [-0.2, 0) is 6.42 Å². The van der Waals surface area contributed by atoms with Crippen LogP contribution in [0.25, 0.3) is 0 Å². The van der Waals surface area contributed by atoms with Gasteiger partial charge in [0.1, 0.15) is 6.07 Å². The molecule has 0 amide bonds. The molecule has 0 aliphatic rings. The molecule has 5 heteroatoms. The monoisotopic (exact) mass is 277 g/mol. The first-order valence-corrected chi connectivity index (χ1v) is 6.75. The highest BCUT2D eigenvalue weighted by molar-refractivity contribution is 7.09. The van der Waals surface area contributed by atoms with Crippen LogP contribution < -0.4 is 4.90 Å². The number of hydrogen-bond acceptors (Lipinski definition) is 4. The minimum absolute atomic E-state index is 0.496. The van der Waals surface area contributed by atoms with E-state index in [2.05, 4.69) is 16.0 Å². The van der Waals surface area contributed by atoms with E-state index in [1.54, 1.807) is 17.4 Å². The molecule has 18 heavy (non-hydrogen) atoms. The van der Waals surface area contributed by atoms with Crippen molar-refractivity contribution in [1.29, 1.82) is 5.26 Å². The van der Waals surface area contributed by atoms with Crippen molar-refractivity contribution < 1.29 is 0 Å². The van der Waals surface area contributed by atoms with Gasteiger partial charge in [0, 0.05) is 37.3 Å². The summed E-state index contributed by atoms with van der Waals surface area (Å²) in [6.45, 7) is 0.871. The number of halogens is 1. The maximum atomic E-state index is 8.82. The van der Waals surface area contributed by atoms with Gasteiger partial charge >= 0.3 is 0 Å². The molecule has 2 aromatic rings. The van der Waals surface area contributed by atoms with E-state index >= 15 is 0 Å². The minimum Gasteiger partial charge on any atom is -0.374 e. The SMILES string of the molecule is CN(CCc1nccs1)c1ccc(C#N)c(Cl)c1. The van der Waals surface area contributed by atoms with Crippen LogP contribution in [0, 0.1) is 11.3 Å². The lowest BCUT2D eigenvalue weighted by atomic mass is 10.2. The molecule has 1 heterocycles. The molecule has 0 bridgehead atoms. The van der Waals surface area contributed by atoms with Gasteiger partial charge in [-0.25, -0.2) is 4.98 Å². The average Bonchev–Trinajstić information content (AvgIpc) is 2.89. The molecular weight excluding hydrogens is 266 g/mol. The van der Waals surface area contributed by atoms with Gasteiger partial charge in [0.15, 0.2) is 0 Å². The highest BCUT2D eigenvalue weighted by Crippen LogP contribution is 2.22. The summed E-state index contributed by atoms with van der Waals surface area (Å²) in [5.74, 6) is 0. The molecule has 0 atom stereocenters. The maximum Gasteiger partial charge on any atom is 0.101 e. The normalized spacial score (nSPS) is 10.1. The second-order valence-corrected chi connectivity index (χ2v) is 5.26. The van der Waals surface area contributed by atoms with Crippen molar-refractivity contribution in [2.24, 2.45) is 0 Å². The number of hydrogen-bond donors (Lipinski definition) is 0. The van der Waals surface area contributed by atoms with Gasteiger partial charge in [0.25, 0.3) is 0 Å². The quantitative estimate of drug-likeness (QED) is 0.860. The Morgan fingerprint density at radius 1 is 1.50 bits per heavy atom. The second-order valence-electron chi connectivity index (χ2n) is 3.87. The predicted molar refractivity (Wildman–Crippen MR) is 75.3 cm³/mol. The van der Waals surface area contributed by atoms with Crippen LogP contribution in [-0.4, -0.2) is 18.6 Å². The fraction of sp³-hybridized carbons (Fsp3) is 0.231. The van der Waals surface area contributed by atoms with Gasteiger partial charge in [-0.2, -0.15) is 5.26 Å². The van der Waals surface area contributed by atoms with E-state index in [9.17, 15) is 0 Å². The second kappa shape index (κ2) is 5.85. The van der Waals surface area contributed by atoms with E-state index in [1.165, 1.54) is 0 Å². The number of nitriles is 1. The summed E-state index contributed by atoms with van der Waals surface area (Å²) in [6, 6.07) is 7.53. The van der Waals surface area contributed by atoms with Gasteiger partial charge in [0.05, 0.1) is 15.6 Å². The third-order valence-electron chi connectivity index (χ3n) is 2.66. The fourth-order valence-corrected chi connectivity index (χ4v) is 2.43. The lowest BCUT2D eigenvalue weighted by Gasteiger charge is -2.19. The van der Waals surface area contributed by atoms with Crippen molar-refractivity contribution in [2.75, 3.05) is 18.5 Å². The molecule has 2 rings (SSSR count). The van der Waals surface area contributed by atoms with Crippen LogP contribution in [0.15, 0.2) is 29.8 Å². The van der Waals surface area contributed by atoms with Crippen molar-refractivity contribution >= 4 is 28.6 Å². The zero-order valence-corrected chi connectivity index (χ0v) is 11.5. The van der Waals surface area contributed by atoms with Gasteiger partial charge in [-0.05, 0) is 18.2 Å². The van der Waals surface area contributed by atoms with Crippen LogP contribution >= 0.6 is 22.9 Å². The molecule has 0 spiro atoms. The number of thiazole rings is 1. The minimum atomic E-state index is 0.496. The summed E-state index contributed by atoms with van der Waals surface area (Å²) in [4.78, 5) is 6.36. The van der Waals surface area contributed by atoms with E-state index in [0.29, 0.717) is 10.6 Å². The molecule has 0 fully saturated rings. The van der Waals surface area contributed by atoms with Crippen LogP contribution in [0.4, 0.5) is 5.69 Å². The van der Waals surface area contributed by atoms with Gasteiger partial charge in [-0.3, -0.25) is 0 Å². The van der Waals surface area contributed by atoms with Crippen LogP contribution in [0.2, 0.25) is 5.02 Å². The van der Waals surface area contributed by atoms with E-state index in [1.807, 2.05) is 30.8 Å². The molecule has 1 aromatic heterocycles. The number of aromatic nitrogens is 1. The summed E-state index contributed by atoms with van der Waals surface area (Å²) in [7, 11) is 2.01. The summed E-state index contributed by atoms with van der Waals surface area (Å²) in [6.07, 6.45) is 2.73. The first-order valence-electron chi connectivity index (χ1n) is 5.50. The Bertz CT molecular complexity index is 560. The van der Waals surface area contributed by atoms with Gasteiger partial charge < -0.3 is 4.90 Å². The van der Waals surface area contributed by atoms with E-state index in [0.717, 1.165) is 23.7 Å². The third kappa shape index (κ3) is 3.00. The van der Waals surface area contributed by atoms with Crippen molar-refractivity contribution in [2.45, 2.75) is 6.42 Å². The summed E-state index contributed by atoms with van der Waals surface area (Å²) in [5, 5.41) is 12.4. The molecule has 0 saturated carbocycles. The number of benzene rings is 1. The molecule has 0 saturated heterocycles. The third-order valence-corrected chi connectivity index (χ3v) is 3.81. The first-order chi connectivity index (χ1) is 8.70. The summed E-state index contributed by atoms with van der Waals surface area (Å²) in [5.41, 5.74) is 1.52. The lowest BCUT2D eigenvalue weighted by Crippen LogP contribution is -2.20. The van der Waals surface area contributed by atoms with E-state index < -0.39 is 0 Å².